The number of nitrogens with zero attached hydrogens (tertiary/aromatic N) is 2. The Morgan fingerprint density at radius 2 is 2.24 bits per heavy atom. The number of ether oxygens (including phenoxy) is 1. The van der Waals surface area contributed by atoms with Crippen molar-refractivity contribution in [3.63, 3.8) is 0 Å². The van der Waals surface area contributed by atoms with Crippen molar-refractivity contribution in [1.82, 2.24) is 14.6 Å². The molecule has 1 aromatic heterocycles. The van der Waals surface area contributed by atoms with E-state index >= 15 is 0 Å². The molecule has 0 saturated carbocycles. The zero-order valence-corrected chi connectivity index (χ0v) is 14.3. The van der Waals surface area contributed by atoms with Gasteiger partial charge in [0, 0.05) is 19.1 Å². The van der Waals surface area contributed by atoms with Gasteiger partial charge >= 0.3 is 5.97 Å². The first kappa shape index (κ1) is 18.0. The van der Waals surface area contributed by atoms with Crippen molar-refractivity contribution in [3.05, 3.63) is 11.2 Å². The number of rotatable bonds is 8. The maximum Gasteiger partial charge on any atom is 0.358 e. The van der Waals surface area contributed by atoms with Crippen molar-refractivity contribution in [2.75, 3.05) is 27.2 Å². The van der Waals surface area contributed by atoms with Gasteiger partial charge in [0.25, 0.3) is 10.0 Å². The average Bonchev–Trinajstić information content (AvgIpc) is 2.95. The van der Waals surface area contributed by atoms with Gasteiger partial charge in [0.1, 0.15) is 0 Å². The van der Waals surface area contributed by atoms with Crippen LogP contribution >= 0.6 is 11.3 Å². The molecule has 0 aliphatic rings. The van der Waals surface area contributed by atoms with E-state index in [2.05, 4.69) is 33.2 Å². The molecule has 0 bridgehead atoms. The van der Waals surface area contributed by atoms with Crippen molar-refractivity contribution in [3.8, 4) is 0 Å². The number of carbonyl (C=O) groups excluding carboxylic acids is 1. The fraction of sp³-hybridized carbons (Fsp3) is 0.667. The fourth-order valence-electron chi connectivity index (χ4n) is 1.61. The van der Waals surface area contributed by atoms with Crippen molar-refractivity contribution < 1.29 is 17.9 Å². The molecular weight excluding hydrogens is 314 g/mol. The highest BCUT2D eigenvalue weighted by Crippen LogP contribution is 2.20. The lowest BCUT2D eigenvalue weighted by Gasteiger charge is -2.23. The summed E-state index contributed by atoms with van der Waals surface area (Å²) in [6.45, 7) is 5.00. The predicted molar refractivity (Wildman–Crippen MR) is 81.0 cm³/mol. The number of methoxy groups -OCH3 is 1. The van der Waals surface area contributed by atoms with Gasteiger partial charge in [-0.05, 0) is 20.4 Å². The Hall–Kier alpha value is -1.03. The Kier molecular flexibility index (Phi) is 6.72. The third kappa shape index (κ3) is 4.73. The molecule has 1 heterocycles. The van der Waals surface area contributed by atoms with E-state index in [4.69, 9.17) is 0 Å². The summed E-state index contributed by atoms with van der Waals surface area (Å²) >= 11 is 0.894. The van der Waals surface area contributed by atoms with Crippen molar-refractivity contribution >= 4 is 27.3 Å². The first-order chi connectivity index (χ1) is 9.83. The van der Waals surface area contributed by atoms with Crippen LogP contribution in [-0.4, -0.2) is 57.6 Å². The molecule has 21 heavy (non-hydrogen) atoms. The second-order valence-corrected chi connectivity index (χ2v) is 7.43. The predicted octanol–water partition coefficient (Wildman–Crippen LogP) is 0.938. The molecule has 0 radical (unpaired) electrons. The number of sulfonamides is 1. The maximum atomic E-state index is 12.2. The third-order valence-electron chi connectivity index (χ3n) is 3.26. The first-order valence-electron chi connectivity index (χ1n) is 6.55. The fourth-order valence-corrected chi connectivity index (χ4v) is 3.81. The Morgan fingerprint density at radius 1 is 1.57 bits per heavy atom. The highest BCUT2D eigenvalue weighted by molar-refractivity contribution is 7.91. The molecule has 1 aromatic rings. The van der Waals surface area contributed by atoms with E-state index in [9.17, 15) is 13.2 Å². The zero-order chi connectivity index (χ0) is 16.0. The molecule has 0 amide bonds. The number of aromatic nitrogens is 1. The monoisotopic (exact) mass is 335 g/mol. The molecule has 0 aliphatic heterocycles. The summed E-state index contributed by atoms with van der Waals surface area (Å²) in [4.78, 5) is 17.3. The minimum atomic E-state index is -3.75. The summed E-state index contributed by atoms with van der Waals surface area (Å²) in [5.41, 5.74) is 1.14. The lowest BCUT2D eigenvalue weighted by atomic mass is 10.2. The normalized spacial score (nSPS) is 13.4. The molecule has 0 saturated heterocycles. The maximum absolute atomic E-state index is 12.2. The molecule has 9 heteroatoms. The molecule has 0 aliphatic carbocycles. The Morgan fingerprint density at radius 3 is 2.81 bits per heavy atom. The number of nitrogens with one attached hydrogen (secondary N) is 1. The molecule has 1 atom stereocenters. The van der Waals surface area contributed by atoms with Gasteiger partial charge in [-0.1, -0.05) is 6.92 Å². The van der Waals surface area contributed by atoms with Crippen LogP contribution in [0.4, 0.5) is 0 Å². The quantitative estimate of drug-likeness (QED) is 0.711. The molecule has 7 nitrogen and oxygen atoms in total. The number of hydrogen-bond donors (Lipinski definition) is 1. The molecule has 0 aromatic carbocycles. The van der Waals surface area contributed by atoms with Crippen LogP contribution in [0.5, 0.6) is 0 Å². The summed E-state index contributed by atoms with van der Waals surface area (Å²) in [6.07, 6.45) is 0.991. The third-order valence-corrected chi connectivity index (χ3v) is 6.09. The van der Waals surface area contributed by atoms with Gasteiger partial charge in [-0.3, -0.25) is 0 Å². The second kappa shape index (κ2) is 7.83. The lowest BCUT2D eigenvalue weighted by Crippen LogP contribution is -2.37. The molecular formula is C12H21N3O4S2. The van der Waals surface area contributed by atoms with Gasteiger partial charge in [-0.15, -0.1) is 11.3 Å². The first-order valence-corrected chi connectivity index (χ1v) is 8.91. The largest absolute Gasteiger partial charge is 0.464 e. The van der Waals surface area contributed by atoms with Crippen LogP contribution in [-0.2, 0) is 14.8 Å². The topological polar surface area (TPSA) is 88.6 Å². The van der Waals surface area contributed by atoms with Crippen molar-refractivity contribution in [2.24, 2.45) is 0 Å². The Balaban J connectivity index is 2.71. The van der Waals surface area contributed by atoms with Gasteiger partial charge in [0.2, 0.25) is 0 Å². The number of likely N-dealkylation sites (N-methyl/N-ethyl adjacent to an activating group) is 1. The van der Waals surface area contributed by atoms with E-state index in [1.165, 1.54) is 12.6 Å². The molecule has 1 unspecified atom stereocenters. The summed E-state index contributed by atoms with van der Waals surface area (Å²) in [5, 5.41) is 0. The van der Waals surface area contributed by atoms with E-state index in [0.29, 0.717) is 12.6 Å². The van der Waals surface area contributed by atoms with E-state index in [1.807, 2.05) is 7.05 Å². The van der Waals surface area contributed by atoms with Crippen LogP contribution in [0, 0.1) is 0 Å². The van der Waals surface area contributed by atoms with Gasteiger partial charge < -0.3 is 9.64 Å². The standard InChI is InChI=1S/C12H21N3O4S2/c1-5-9(2)15(3)7-6-14-21(17,18)12-10(11(16)19-4)13-8-20-12/h8-9,14H,5-7H2,1-4H3. The van der Waals surface area contributed by atoms with Crippen LogP contribution < -0.4 is 4.72 Å². The summed E-state index contributed by atoms with van der Waals surface area (Å²) in [6, 6.07) is 0.378. The Labute approximate surface area is 129 Å². The van der Waals surface area contributed by atoms with Gasteiger partial charge in [-0.2, -0.15) is 0 Å². The van der Waals surface area contributed by atoms with Crippen LogP contribution in [0.25, 0.3) is 0 Å². The van der Waals surface area contributed by atoms with Crippen LogP contribution in [0.1, 0.15) is 30.8 Å². The molecule has 120 valence electrons. The zero-order valence-electron chi connectivity index (χ0n) is 12.6. The minimum Gasteiger partial charge on any atom is -0.464 e. The SMILES string of the molecule is CCC(C)N(C)CCNS(=O)(=O)c1scnc1C(=O)OC. The van der Waals surface area contributed by atoms with Crippen LogP contribution in [0.2, 0.25) is 0 Å². The summed E-state index contributed by atoms with van der Waals surface area (Å²) < 4.78 is 31.3. The number of thiazole rings is 1. The smallest absolute Gasteiger partial charge is 0.358 e. The van der Waals surface area contributed by atoms with Gasteiger partial charge in [0.05, 0.1) is 12.6 Å². The number of carbonyl (C=O) groups is 1. The van der Waals surface area contributed by atoms with E-state index < -0.39 is 16.0 Å². The molecule has 1 N–H and O–H groups in total. The van der Waals surface area contributed by atoms with Crippen molar-refractivity contribution in [2.45, 2.75) is 30.5 Å². The number of esters is 1. The van der Waals surface area contributed by atoms with Gasteiger partial charge in [-0.25, -0.2) is 22.9 Å². The minimum absolute atomic E-state index is 0.111. The lowest BCUT2D eigenvalue weighted by molar-refractivity contribution is 0.0590. The van der Waals surface area contributed by atoms with Crippen molar-refractivity contribution in [1.29, 1.82) is 0 Å². The summed E-state index contributed by atoms with van der Waals surface area (Å²) in [5.74, 6) is -0.756. The molecule has 0 spiro atoms. The van der Waals surface area contributed by atoms with Crippen LogP contribution in [0.3, 0.4) is 0 Å². The van der Waals surface area contributed by atoms with Gasteiger partial charge in [0.15, 0.2) is 9.90 Å². The van der Waals surface area contributed by atoms with E-state index in [1.54, 1.807) is 0 Å². The van der Waals surface area contributed by atoms with E-state index in [-0.39, 0.29) is 16.4 Å². The highest BCUT2D eigenvalue weighted by Gasteiger charge is 2.26. The second-order valence-electron chi connectivity index (χ2n) is 4.62. The molecule has 1 rings (SSSR count). The summed E-state index contributed by atoms with van der Waals surface area (Å²) in [7, 11) is -0.626. The van der Waals surface area contributed by atoms with Crippen LogP contribution in [0.15, 0.2) is 9.72 Å². The highest BCUT2D eigenvalue weighted by atomic mass is 32.2. The molecule has 0 fully saturated rings. The number of hydrogen-bond acceptors (Lipinski definition) is 7. The Bertz CT molecular complexity index is 571. The van der Waals surface area contributed by atoms with E-state index in [0.717, 1.165) is 17.8 Å². The average molecular weight is 335 g/mol.